The van der Waals surface area contributed by atoms with Gasteiger partial charge in [-0.3, -0.25) is 19.3 Å². The zero-order chi connectivity index (χ0) is 19.7. The van der Waals surface area contributed by atoms with Crippen LogP contribution >= 0.6 is 0 Å². The molecule has 2 aromatic carbocycles. The summed E-state index contributed by atoms with van der Waals surface area (Å²) in [4.78, 5) is 39.3. The standard InChI is InChI=1S/C23H26N2O3/c1-15-7-2-3-12-19(15)24-20(26)13-6-14-25-22(27)17-10-4-8-16-9-5-11-18(21(16)17)23(25)28/h4-5,8-11,15,19H,2-3,6-7,12-14H2,1H3,(H,24,26). The van der Waals surface area contributed by atoms with Crippen molar-refractivity contribution >= 4 is 28.5 Å². The molecule has 3 amide bonds. The van der Waals surface area contributed by atoms with Crippen LogP contribution in [0.3, 0.4) is 0 Å². The fourth-order valence-corrected chi connectivity index (χ4v) is 4.49. The molecule has 0 saturated heterocycles. The van der Waals surface area contributed by atoms with Crippen molar-refractivity contribution in [1.82, 2.24) is 10.2 Å². The number of nitrogens with one attached hydrogen (secondary N) is 1. The molecule has 5 heteroatoms. The van der Waals surface area contributed by atoms with E-state index in [2.05, 4.69) is 12.2 Å². The van der Waals surface area contributed by atoms with Crippen molar-refractivity contribution in [1.29, 1.82) is 0 Å². The number of amides is 3. The average molecular weight is 378 g/mol. The Hall–Kier alpha value is -2.69. The second-order valence-corrected chi connectivity index (χ2v) is 8.01. The van der Waals surface area contributed by atoms with E-state index in [4.69, 9.17) is 0 Å². The Morgan fingerprint density at radius 2 is 1.68 bits per heavy atom. The molecule has 2 atom stereocenters. The average Bonchev–Trinajstić information content (AvgIpc) is 2.70. The maximum absolute atomic E-state index is 12.9. The molecule has 0 bridgehead atoms. The van der Waals surface area contributed by atoms with Crippen LogP contribution in [0.15, 0.2) is 36.4 Å². The van der Waals surface area contributed by atoms with Crippen LogP contribution in [0.1, 0.15) is 66.2 Å². The van der Waals surface area contributed by atoms with Gasteiger partial charge in [0.25, 0.3) is 11.8 Å². The number of benzene rings is 2. The first-order valence-electron chi connectivity index (χ1n) is 10.2. The van der Waals surface area contributed by atoms with Gasteiger partial charge in [-0.25, -0.2) is 0 Å². The maximum atomic E-state index is 12.9. The fraction of sp³-hybridized carbons (Fsp3) is 0.435. The highest BCUT2D eigenvalue weighted by molar-refractivity contribution is 6.25. The normalized spacial score (nSPS) is 21.8. The van der Waals surface area contributed by atoms with Crippen LogP contribution < -0.4 is 5.32 Å². The largest absolute Gasteiger partial charge is 0.353 e. The Balaban J connectivity index is 1.40. The van der Waals surface area contributed by atoms with Crippen LogP contribution in [0.25, 0.3) is 10.8 Å². The monoisotopic (exact) mass is 378 g/mol. The van der Waals surface area contributed by atoms with Gasteiger partial charge < -0.3 is 5.32 Å². The minimum absolute atomic E-state index is 0.0122. The molecule has 1 N–H and O–H groups in total. The summed E-state index contributed by atoms with van der Waals surface area (Å²) in [7, 11) is 0. The van der Waals surface area contributed by atoms with Gasteiger partial charge in [0.15, 0.2) is 0 Å². The van der Waals surface area contributed by atoms with E-state index >= 15 is 0 Å². The van der Waals surface area contributed by atoms with Crippen molar-refractivity contribution in [2.45, 2.75) is 51.5 Å². The molecule has 1 saturated carbocycles. The minimum atomic E-state index is -0.268. The predicted octanol–water partition coefficient (Wildman–Crippen LogP) is 3.91. The third-order valence-electron chi connectivity index (χ3n) is 6.10. The molecule has 2 unspecified atom stereocenters. The number of rotatable bonds is 5. The van der Waals surface area contributed by atoms with Gasteiger partial charge >= 0.3 is 0 Å². The quantitative estimate of drug-likeness (QED) is 0.802. The molecule has 0 spiro atoms. The van der Waals surface area contributed by atoms with Crippen LogP contribution in [0.2, 0.25) is 0 Å². The van der Waals surface area contributed by atoms with E-state index in [0.29, 0.717) is 29.9 Å². The van der Waals surface area contributed by atoms with Crippen molar-refractivity contribution in [3.63, 3.8) is 0 Å². The topological polar surface area (TPSA) is 66.5 Å². The van der Waals surface area contributed by atoms with Gasteiger partial charge in [0.05, 0.1) is 0 Å². The highest BCUT2D eigenvalue weighted by Crippen LogP contribution is 2.30. The number of carbonyl (C=O) groups excluding carboxylic acids is 3. The lowest BCUT2D eigenvalue weighted by Crippen LogP contribution is -2.42. The minimum Gasteiger partial charge on any atom is -0.353 e. The van der Waals surface area contributed by atoms with Crippen LogP contribution in [-0.2, 0) is 4.79 Å². The molecule has 0 radical (unpaired) electrons. The first-order chi connectivity index (χ1) is 13.6. The van der Waals surface area contributed by atoms with E-state index in [-0.39, 0.29) is 30.3 Å². The van der Waals surface area contributed by atoms with Crippen molar-refractivity contribution < 1.29 is 14.4 Å². The van der Waals surface area contributed by atoms with Crippen LogP contribution in [-0.4, -0.2) is 35.2 Å². The lowest BCUT2D eigenvalue weighted by Gasteiger charge is -2.30. The summed E-state index contributed by atoms with van der Waals surface area (Å²) in [6.45, 7) is 2.45. The highest BCUT2D eigenvalue weighted by atomic mass is 16.2. The van der Waals surface area contributed by atoms with E-state index in [9.17, 15) is 14.4 Å². The summed E-state index contributed by atoms with van der Waals surface area (Å²) in [5.74, 6) is -0.00989. The highest BCUT2D eigenvalue weighted by Gasteiger charge is 2.32. The second-order valence-electron chi connectivity index (χ2n) is 8.01. The summed E-state index contributed by atoms with van der Waals surface area (Å²) in [5.41, 5.74) is 1.13. The van der Waals surface area contributed by atoms with E-state index in [0.717, 1.165) is 30.0 Å². The van der Waals surface area contributed by atoms with E-state index in [1.807, 2.05) is 24.3 Å². The van der Waals surface area contributed by atoms with Crippen molar-refractivity contribution in [2.24, 2.45) is 5.92 Å². The molecule has 0 aromatic heterocycles. The molecular weight excluding hydrogens is 352 g/mol. The van der Waals surface area contributed by atoms with E-state index in [1.54, 1.807) is 12.1 Å². The molecule has 4 rings (SSSR count). The fourth-order valence-electron chi connectivity index (χ4n) is 4.49. The third-order valence-corrected chi connectivity index (χ3v) is 6.10. The van der Waals surface area contributed by atoms with E-state index in [1.165, 1.54) is 11.3 Å². The summed E-state index contributed by atoms with van der Waals surface area (Å²) >= 11 is 0. The van der Waals surface area contributed by atoms with Gasteiger partial charge in [-0.1, -0.05) is 44.0 Å². The summed E-state index contributed by atoms with van der Waals surface area (Å²) in [6, 6.07) is 11.3. The first kappa shape index (κ1) is 18.7. The molecule has 2 aliphatic rings. The Morgan fingerprint density at radius 3 is 2.32 bits per heavy atom. The second kappa shape index (κ2) is 7.74. The van der Waals surface area contributed by atoms with E-state index < -0.39 is 0 Å². The zero-order valence-corrected chi connectivity index (χ0v) is 16.2. The lowest BCUT2D eigenvalue weighted by molar-refractivity contribution is -0.122. The van der Waals surface area contributed by atoms with Gasteiger partial charge in [0, 0.05) is 35.5 Å². The van der Waals surface area contributed by atoms with Crippen LogP contribution in [0.4, 0.5) is 0 Å². The summed E-state index contributed by atoms with van der Waals surface area (Å²) in [5, 5.41) is 4.77. The zero-order valence-electron chi connectivity index (χ0n) is 16.2. The number of carbonyl (C=O) groups is 3. The number of imide groups is 1. The third kappa shape index (κ3) is 3.41. The van der Waals surface area contributed by atoms with Crippen molar-refractivity contribution in [3.05, 3.63) is 47.5 Å². The van der Waals surface area contributed by atoms with Gasteiger partial charge in [-0.15, -0.1) is 0 Å². The van der Waals surface area contributed by atoms with Gasteiger partial charge in [-0.2, -0.15) is 0 Å². The Labute approximate surface area is 165 Å². The molecule has 1 aliphatic heterocycles. The Kier molecular flexibility index (Phi) is 5.16. The number of hydrogen-bond acceptors (Lipinski definition) is 3. The first-order valence-corrected chi connectivity index (χ1v) is 10.2. The molecule has 28 heavy (non-hydrogen) atoms. The van der Waals surface area contributed by atoms with Gasteiger partial charge in [-0.05, 0) is 42.7 Å². The summed E-state index contributed by atoms with van der Waals surface area (Å²) < 4.78 is 0. The summed E-state index contributed by atoms with van der Waals surface area (Å²) in [6.07, 6.45) is 5.40. The lowest BCUT2D eigenvalue weighted by atomic mass is 9.86. The van der Waals surface area contributed by atoms with Crippen molar-refractivity contribution in [2.75, 3.05) is 6.54 Å². The molecule has 5 nitrogen and oxygen atoms in total. The SMILES string of the molecule is CC1CCCCC1NC(=O)CCCN1C(=O)c2cccc3cccc(c23)C1=O. The smallest absolute Gasteiger partial charge is 0.261 e. The Bertz CT molecular complexity index is 886. The maximum Gasteiger partial charge on any atom is 0.261 e. The molecule has 1 aliphatic carbocycles. The Morgan fingerprint density at radius 1 is 1.04 bits per heavy atom. The molecule has 1 heterocycles. The van der Waals surface area contributed by atoms with Crippen molar-refractivity contribution in [3.8, 4) is 0 Å². The predicted molar refractivity (Wildman–Crippen MR) is 108 cm³/mol. The number of nitrogens with zero attached hydrogens (tertiary/aromatic N) is 1. The van der Waals surface area contributed by atoms with Crippen LogP contribution in [0, 0.1) is 5.92 Å². The molecule has 1 fully saturated rings. The molecule has 146 valence electrons. The van der Waals surface area contributed by atoms with Gasteiger partial charge in [0.1, 0.15) is 0 Å². The molecular formula is C23H26N2O3. The number of hydrogen-bond donors (Lipinski definition) is 1. The molecule has 2 aromatic rings. The van der Waals surface area contributed by atoms with Gasteiger partial charge in [0.2, 0.25) is 5.91 Å². The van der Waals surface area contributed by atoms with Crippen LogP contribution in [0.5, 0.6) is 0 Å².